The Morgan fingerprint density at radius 1 is 0.636 bits per heavy atom. The molecule has 1 aromatic carbocycles. The Balaban J connectivity index is 1.40. The Kier molecular flexibility index (Phi) is 13.0. The average Bonchev–Trinajstić information content (AvgIpc) is 3.67. The number of nitrogens with zero attached hydrogens (tertiary/aromatic N) is 8. The van der Waals surface area contributed by atoms with Gasteiger partial charge in [0.1, 0.15) is 0 Å². The van der Waals surface area contributed by atoms with Crippen molar-refractivity contribution in [2.75, 3.05) is 94.4 Å². The first-order valence-corrected chi connectivity index (χ1v) is 23.6. The van der Waals surface area contributed by atoms with Crippen LogP contribution in [0.15, 0.2) is 18.2 Å². The largest absolute Gasteiger partial charge is 0.353 e. The van der Waals surface area contributed by atoms with Crippen LogP contribution in [-0.2, 0) is 40.3 Å². The smallest absolute Gasteiger partial charge is 0.266 e. The minimum Gasteiger partial charge on any atom is -0.353 e. The van der Waals surface area contributed by atoms with Gasteiger partial charge in [-0.05, 0) is 31.0 Å². The van der Waals surface area contributed by atoms with Gasteiger partial charge in [0.05, 0.1) is 24.0 Å². The van der Waals surface area contributed by atoms with Gasteiger partial charge >= 0.3 is 0 Å². The molecule has 304 valence electrons. The summed E-state index contributed by atoms with van der Waals surface area (Å²) in [5, 5.41) is 11.7. The number of aromatic nitrogens is 6. The van der Waals surface area contributed by atoms with E-state index in [0.29, 0.717) is 37.3 Å². The van der Waals surface area contributed by atoms with E-state index in [9.17, 15) is 33.7 Å². The molecule has 3 aromatic rings. The zero-order valence-electron chi connectivity index (χ0n) is 29.2. The van der Waals surface area contributed by atoms with Gasteiger partial charge in [0.2, 0.25) is 55.7 Å². The molecule has 5 rings (SSSR count). The highest BCUT2D eigenvalue weighted by atomic mass is 35.5. The maximum Gasteiger partial charge on any atom is 0.266 e. The van der Waals surface area contributed by atoms with Gasteiger partial charge in [-0.3, -0.25) is 9.11 Å². The lowest BCUT2D eigenvalue weighted by atomic mass is 10.2. The van der Waals surface area contributed by atoms with E-state index >= 15 is 0 Å². The van der Waals surface area contributed by atoms with Crippen molar-refractivity contribution in [3.05, 3.63) is 23.2 Å². The van der Waals surface area contributed by atoms with Crippen LogP contribution in [-0.4, -0.2) is 148 Å². The molecule has 55 heavy (non-hydrogen) atoms. The number of sulfonamides is 2. The molecule has 2 aliphatic heterocycles. The third-order valence-corrected chi connectivity index (χ3v) is 10.8. The number of anilines is 8. The number of hydrogen-bond acceptors (Lipinski definition) is 20. The molecule has 0 aliphatic carbocycles. The lowest BCUT2D eigenvalue weighted by Gasteiger charge is -2.19. The Bertz CT molecular complexity index is 2170. The fraction of sp³-hybridized carbons (Fsp3) is 0.538. The molecule has 0 saturated carbocycles. The van der Waals surface area contributed by atoms with Crippen LogP contribution in [0.2, 0.25) is 5.02 Å². The summed E-state index contributed by atoms with van der Waals surface area (Å²) in [6.45, 7) is 0.771. The summed E-state index contributed by atoms with van der Waals surface area (Å²) >= 11 is 6.47. The molecule has 2 aromatic heterocycles. The van der Waals surface area contributed by atoms with Gasteiger partial charge in [-0.25, -0.2) is 26.3 Å². The topological polar surface area (TPSA) is 333 Å². The number of benzene rings is 1. The lowest BCUT2D eigenvalue weighted by molar-refractivity contribution is 0.481. The monoisotopic (exact) mass is 870 g/mol. The summed E-state index contributed by atoms with van der Waals surface area (Å²) < 4.78 is 116. The van der Waals surface area contributed by atoms with Crippen LogP contribution in [0, 0.1) is 0 Å². The molecule has 2 saturated heterocycles. The molecule has 2 aliphatic rings. The van der Waals surface area contributed by atoms with E-state index in [2.05, 4.69) is 60.6 Å². The second-order valence-electron chi connectivity index (χ2n) is 12.6. The predicted octanol–water partition coefficient (Wildman–Crippen LogP) is -0.948. The maximum atomic E-state index is 11.8. The van der Waals surface area contributed by atoms with Crippen LogP contribution in [0.3, 0.4) is 0 Å². The van der Waals surface area contributed by atoms with Gasteiger partial charge < -0.3 is 31.1 Å². The highest BCUT2D eigenvalue weighted by molar-refractivity contribution is 7.89. The molecule has 2 unspecified atom stereocenters. The molecule has 0 bridgehead atoms. The average molecular weight is 871 g/mol. The molecule has 4 heterocycles. The van der Waals surface area contributed by atoms with Crippen LogP contribution in [0.4, 0.5) is 47.1 Å². The molecule has 0 amide bonds. The van der Waals surface area contributed by atoms with Crippen LogP contribution >= 0.6 is 11.6 Å². The summed E-state index contributed by atoms with van der Waals surface area (Å²) in [6.07, 6.45) is 3.03. The van der Waals surface area contributed by atoms with Crippen molar-refractivity contribution in [2.45, 2.75) is 24.9 Å². The van der Waals surface area contributed by atoms with Gasteiger partial charge in [0.25, 0.3) is 20.2 Å². The Morgan fingerprint density at radius 3 is 1.38 bits per heavy atom. The molecular formula is C26H39ClN14O10S4. The van der Waals surface area contributed by atoms with E-state index in [1.165, 1.54) is 0 Å². The minimum absolute atomic E-state index is 0.00819. The lowest BCUT2D eigenvalue weighted by Crippen LogP contribution is -2.36. The molecule has 0 radical (unpaired) electrons. The van der Waals surface area contributed by atoms with Crippen molar-refractivity contribution >= 4 is 98.9 Å². The second kappa shape index (κ2) is 17.0. The third-order valence-electron chi connectivity index (χ3n) is 7.65. The van der Waals surface area contributed by atoms with E-state index in [-0.39, 0.29) is 66.9 Å². The Hall–Kier alpha value is -4.03. The van der Waals surface area contributed by atoms with Crippen molar-refractivity contribution in [3.63, 3.8) is 0 Å². The van der Waals surface area contributed by atoms with E-state index < -0.39 is 63.9 Å². The normalized spacial score (nSPS) is 18.1. The standard InChI is InChI=1S/C26H39ClN14O10S4/c1-52(42,43)38-17-3-7-40(14-17)25-34-21(28-5-9-54(46,47)48)32-23(36-25)30-19-11-16(27)12-20(13-19)31-24-33-22(29-6-10-55(49,50)51)35-26(37-24)41-8-4-18(15-41)39-53(2,44)45/h11-13,17-18,38-39H,3-10,14-15H2,1-2H3,(H,46,47,48)(H,49,50,51)(H2,28,30,32,34,36)(H2,29,31,33,35,37). The zero-order chi connectivity index (χ0) is 40.2. The molecule has 29 heteroatoms. The molecule has 24 nitrogen and oxygen atoms in total. The van der Waals surface area contributed by atoms with Gasteiger partial charge in [0.15, 0.2) is 0 Å². The molecular weight excluding hydrogens is 832 g/mol. The summed E-state index contributed by atoms with van der Waals surface area (Å²) in [5.41, 5.74) is 0.702. The fourth-order valence-corrected chi connectivity index (χ4v) is 8.09. The highest BCUT2D eigenvalue weighted by Crippen LogP contribution is 2.28. The highest BCUT2D eigenvalue weighted by Gasteiger charge is 2.29. The van der Waals surface area contributed by atoms with Gasteiger partial charge in [-0.15, -0.1) is 0 Å². The molecule has 2 fully saturated rings. The molecule has 0 spiro atoms. The number of rotatable bonds is 18. The van der Waals surface area contributed by atoms with E-state index in [1.54, 1.807) is 28.0 Å². The first-order valence-electron chi connectivity index (χ1n) is 16.2. The predicted molar refractivity (Wildman–Crippen MR) is 205 cm³/mol. The SMILES string of the molecule is CS(=O)(=O)NC1CCN(c2nc(NCCS(=O)(=O)O)nc(Nc3cc(Cl)cc(Nc4nc(NCCS(=O)(=O)O)nc(N5CCC(NS(C)(=O)=O)C5)n4)c3)n2)C1. The van der Waals surface area contributed by atoms with Crippen LogP contribution in [0.5, 0.6) is 0 Å². The first-order chi connectivity index (χ1) is 25.5. The first kappa shape index (κ1) is 42.1. The Labute approximate surface area is 322 Å². The van der Waals surface area contributed by atoms with Crippen molar-refractivity contribution < 1.29 is 42.8 Å². The second-order valence-corrected chi connectivity index (χ2v) is 19.8. The van der Waals surface area contributed by atoms with E-state index in [4.69, 9.17) is 20.7 Å². The number of halogens is 1. The van der Waals surface area contributed by atoms with Gasteiger partial charge in [-0.2, -0.15) is 46.7 Å². The summed E-state index contributed by atoms with van der Waals surface area (Å²) in [4.78, 5) is 29.7. The Morgan fingerprint density at radius 2 is 1.02 bits per heavy atom. The third kappa shape index (κ3) is 14.2. The van der Waals surface area contributed by atoms with E-state index in [1.807, 2.05) is 0 Å². The fourth-order valence-electron chi connectivity index (χ4n) is 5.54. The number of hydrogen-bond donors (Lipinski definition) is 8. The van der Waals surface area contributed by atoms with Crippen molar-refractivity contribution in [1.29, 1.82) is 0 Å². The van der Waals surface area contributed by atoms with Gasteiger partial charge in [-0.1, -0.05) is 11.6 Å². The number of nitrogens with one attached hydrogen (secondary N) is 6. The van der Waals surface area contributed by atoms with Crippen LogP contribution < -0.4 is 40.5 Å². The van der Waals surface area contributed by atoms with E-state index in [0.717, 1.165) is 12.5 Å². The van der Waals surface area contributed by atoms with Crippen LogP contribution in [0.1, 0.15) is 12.8 Å². The van der Waals surface area contributed by atoms with Crippen molar-refractivity contribution in [1.82, 2.24) is 39.3 Å². The molecule has 8 N–H and O–H groups in total. The van der Waals surface area contributed by atoms with Crippen molar-refractivity contribution in [3.8, 4) is 0 Å². The summed E-state index contributed by atoms with van der Waals surface area (Å²) in [5.74, 6) is -1.07. The minimum atomic E-state index is -4.30. The quantitative estimate of drug-likeness (QED) is 0.0715. The van der Waals surface area contributed by atoms with Crippen LogP contribution in [0.25, 0.3) is 0 Å². The van der Waals surface area contributed by atoms with Crippen molar-refractivity contribution in [2.24, 2.45) is 0 Å². The summed E-state index contributed by atoms with van der Waals surface area (Å²) in [6, 6.07) is 3.87. The summed E-state index contributed by atoms with van der Waals surface area (Å²) in [7, 11) is -15.6. The van der Waals surface area contributed by atoms with Gasteiger partial charge in [0, 0.05) is 67.7 Å². The zero-order valence-corrected chi connectivity index (χ0v) is 33.2. The maximum absolute atomic E-state index is 11.8. The molecule has 2 atom stereocenters.